The molecule has 0 aliphatic carbocycles. The lowest BCUT2D eigenvalue weighted by Crippen LogP contribution is -2.35. The summed E-state index contributed by atoms with van der Waals surface area (Å²) in [6, 6.07) is 11.8. The van der Waals surface area contributed by atoms with Gasteiger partial charge in [0.15, 0.2) is 0 Å². The van der Waals surface area contributed by atoms with E-state index in [1.165, 1.54) is 0 Å². The maximum Gasteiger partial charge on any atom is 0.225 e. The molecule has 0 bridgehead atoms. The van der Waals surface area contributed by atoms with E-state index in [-0.39, 0.29) is 24.2 Å². The van der Waals surface area contributed by atoms with Crippen molar-refractivity contribution in [1.29, 1.82) is 0 Å². The molecule has 1 saturated heterocycles. The molecule has 1 atom stereocenters. The Hall–Kier alpha value is -2.67. The molecule has 2 amide bonds. The van der Waals surface area contributed by atoms with Crippen molar-refractivity contribution in [3.63, 3.8) is 0 Å². The van der Waals surface area contributed by atoms with Crippen LogP contribution in [-0.4, -0.2) is 65.5 Å². The van der Waals surface area contributed by atoms with Crippen molar-refractivity contribution in [1.82, 2.24) is 25.3 Å². The first kappa shape index (κ1) is 18.1. The Morgan fingerprint density at radius 1 is 1.35 bits per heavy atom. The van der Waals surface area contributed by atoms with E-state index < -0.39 is 0 Å². The lowest BCUT2D eigenvalue weighted by molar-refractivity contribution is -0.129. The topological polar surface area (TPSA) is 81.3 Å². The fourth-order valence-corrected chi connectivity index (χ4v) is 3.02. The number of nitrogens with one attached hydrogen (secondary N) is 2. The van der Waals surface area contributed by atoms with Gasteiger partial charge in [-0.1, -0.05) is 30.3 Å². The van der Waals surface area contributed by atoms with Gasteiger partial charge in [0.2, 0.25) is 11.8 Å². The third-order valence-electron chi connectivity index (χ3n) is 4.56. The first-order chi connectivity index (χ1) is 12.5. The van der Waals surface area contributed by atoms with Crippen LogP contribution in [-0.2, 0) is 16.1 Å². The Labute approximate surface area is 153 Å². The van der Waals surface area contributed by atoms with Gasteiger partial charge in [0, 0.05) is 31.6 Å². The molecule has 1 aromatic heterocycles. The Balaban J connectivity index is 1.50. The van der Waals surface area contributed by atoms with Gasteiger partial charge in [0.05, 0.1) is 23.9 Å². The molecule has 0 unspecified atom stereocenters. The van der Waals surface area contributed by atoms with Crippen LogP contribution in [0.3, 0.4) is 0 Å². The Morgan fingerprint density at radius 2 is 2.12 bits per heavy atom. The molecule has 1 fully saturated rings. The SMILES string of the molecule is CN(C)CCN1C[C@H](C(=O)NCc2cc(-c3ccccc3)n[nH]2)CC1=O. The number of benzene rings is 1. The van der Waals surface area contributed by atoms with Crippen LogP contribution in [0.4, 0.5) is 0 Å². The fraction of sp³-hybridized carbons (Fsp3) is 0.421. The molecule has 2 aromatic rings. The van der Waals surface area contributed by atoms with Crippen LogP contribution >= 0.6 is 0 Å². The molecule has 0 saturated carbocycles. The number of likely N-dealkylation sites (tertiary alicyclic amines) is 1. The van der Waals surface area contributed by atoms with Gasteiger partial charge in [-0.25, -0.2) is 0 Å². The molecule has 7 heteroatoms. The minimum Gasteiger partial charge on any atom is -0.350 e. The minimum atomic E-state index is -0.277. The molecule has 7 nitrogen and oxygen atoms in total. The number of aromatic nitrogens is 2. The second kappa shape index (κ2) is 8.14. The predicted octanol–water partition coefficient (Wildman–Crippen LogP) is 1.10. The van der Waals surface area contributed by atoms with E-state index in [9.17, 15) is 9.59 Å². The summed E-state index contributed by atoms with van der Waals surface area (Å²) in [5, 5.41) is 10.1. The van der Waals surface area contributed by atoms with Crippen molar-refractivity contribution in [2.45, 2.75) is 13.0 Å². The van der Waals surface area contributed by atoms with Gasteiger partial charge in [-0.15, -0.1) is 0 Å². The molecule has 1 aliphatic heterocycles. The van der Waals surface area contributed by atoms with Crippen LogP contribution in [0, 0.1) is 5.92 Å². The van der Waals surface area contributed by atoms with Gasteiger partial charge < -0.3 is 15.1 Å². The van der Waals surface area contributed by atoms with Crippen molar-refractivity contribution in [2.75, 3.05) is 33.7 Å². The number of aromatic amines is 1. The van der Waals surface area contributed by atoms with Crippen molar-refractivity contribution < 1.29 is 9.59 Å². The van der Waals surface area contributed by atoms with E-state index >= 15 is 0 Å². The number of carbonyl (C=O) groups excluding carboxylic acids is 2. The lowest BCUT2D eigenvalue weighted by atomic mass is 10.1. The van der Waals surface area contributed by atoms with Crippen molar-refractivity contribution in [3.05, 3.63) is 42.1 Å². The highest BCUT2D eigenvalue weighted by Gasteiger charge is 2.33. The summed E-state index contributed by atoms with van der Waals surface area (Å²) in [7, 11) is 3.94. The van der Waals surface area contributed by atoms with Gasteiger partial charge in [0.1, 0.15) is 0 Å². The highest BCUT2D eigenvalue weighted by atomic mass is 16.2. The second-order valence-electron chi connectivity index (χ2n) is 6.91. The number of amides is 2. The predicted molar refractivity (Wildman–Crippen MR) is 99.1 cm³/mol. The third kappa shape index (κ3) is 4.49. The Morgan fingerprint density at radius 3 is 2.85 bits per heavy atom. The van der Waals surface area contributed by atoms with E-state index in [4.69, 9.17) is 0 Å². The standard InChI is InChI=1S/C19H25N5O2/c1-23(2)8-9-24-13-15(10-18(24)25)19(26)20-12-16-11-17(22-21-16)14-6-4-3-5-7-14/h3-7,11,15H,8-10,12-13H2,1-2H3,(H,20,26)(H,21,22)/t15-/m1/s1. The quantitative estimate of drug-likeness (QED) is 0.779. The van der Waals surface area contributed by atoms with E-state index in [1.807, 2.05) is 55.4 Å². The van der Waals surface area contributed by atoms with E-state index in [0.29, 0.717) is 19.6 Å². The largest absolute Gasteiger partial charge is 0.350 e. The molecule has 2 N–H and O–H groups in total. The van der Waals surface area contributed by atoms with Gasteiger partial charge >= 0.3 is 0 Å². The minimum absolute atomic E-state index is 0.0555. The molecule has 1 aliphatic rings. The van der Waals surface area contributed by atoms with Crippen LogP contribution in [0.2, 0.25) is 0 Å². The van der Waals surface area contributed by atoms with Gasteiger partial charge in [-0.3, -0.25) is 14.7 Å². The fourth-order valence-electron chi connectivity index (χ4n) is 3.02. The van der Waals surface area contributed by atoms with Gasteiger partial charge in [-0.2, -0.15) is 5.10 Å². The number of nitrogens with zero attached hydrogens (tertiary/aromatic N) is 3. The summed E-state index contributed by atoms with van der Waals surface area (Å²) < 4.78 is 0. The summed E-state index contributed by atoms with van der Waals surface area (Å²) in [5.41, 5.74) is 2.71. The Bertz CT molecular complexity index is 756. The summed E-state index contributed by atoms with van der Waals surface area (Å²) in [4.78, 5) is 28.2. The molecule has 2 heterocycles. The molecule has 26 heavy (non-hydrogen) atoms. The van der Waals surface area contributed by atoms with Crippen LogP contribution < -0.4 is 5.32 Å². The molecule has 138 valence electrons. The zero-order valence-electron chi connectivity index (χ0n) is 15.2. The van der Waals surface area contributed by atoms with Crippen molar-refractivity contribution >= 4 is 11.8 Å². The van der Waals surface area contributed by atoms with Gasteiger partial charge in [-0.05, 0) is 20.2 Å². The normalized spacial score (nSPS) is 17.1. The van der Waals surface area contributed by atoms with E-state index in [0.717, 1.165) is 23.5 Å². The number of likely N-dealkylation sites (N-methyl/N-ethyl adjacent to an activating group) is 1. The van der Waals surface area contributed by atoms with Crippen LogP contribution in [0.5, 0.6) is 0 Å². The summed E-state index contributed by atoms with van der Waals surface area (Å²) in [6.07, 6.45) is 0.289. The number of rotatable bonds is 7. The zero-order valence-corrected chi connectivity index (χ0v) is 15.2. The van der Waals surface area contributed by atoms with Crippen LogP contribution in [0.25, 0.3) is 11.3 Å². The highest BCUT2D eigenvalue weighted by molar-refractivity contribution is 5.89. The number of hydrogen-bond acceptors (Lipinski definition) is 4. The zero-order chi connectivity index (χ0) is 18.5. The maximum absolute atomic E-state index is 12.4. The molecule has 0 radical (unpaired) electrons. The van der Waals surface area contributed by atoms with E-state index in [1.54, 1.807) is 4.90 Å². The molecule has 0 spiro atoms. The summed E-state index contributed by atoms with van der Waals surface area (Å²) >= 11 is 0. The molecule has 1 aromatic carbocycles. The monoisotopic (exact) mass is 355 g/mol. The summed E-state index contributed by atoms with van der Waals surface area (Å²) in [6.45, 7) is 2.34. The maximum atomic E-state index is 12.4. The third-order valence-corrected chi connectivity index (χ3v) is 4.56. The second-order valence-corrected chi connectivity index (χ2v) is 6.91. The highest BCUT2D eigenvalue weighted by Crippen LogP contribution is 2.19. The molecule has 3 rings (SSSR count). The average Bonchev–Trinajstić information content (AvgIpc) is 3.25. The van der Waals surface area contributed by atoms with Crippen LogP contribution in [0.1, 0.15) is 12.1 Å². The van der Waals surface area contributed by atoms with Gasteiger partial charge in [0.25, 0.3) is 0 Å². The molecular weight excluding hydrogens is 330 g/mol. The number of carbonyl (C=O) groups is 2. The first-order valence-corrected chi connectivity index (χ1v) is 8.83. The van der Waals surface area contributed by atoms with Crippen LogP contribution in [0.15, 0.2) is 36.4 Å². The first-order valence-electron chi connectivity index (χ1n) is 8.83. The van der Waals surface area contributed by atoms with Crippen molar-refractivity contribution in [3.8, 4) is 11.3 Å². The number of hydrogen-bond donors (Lipinski definition) is 2. The average molecular weight is 355 g/mol. The molecular formula is C19H25N5O2. The Kier molecular flexibility index (Phi) is 5.68. The number of H-pyrrole nitrogens is 1. The van der Waals surface area contributed by atoms with Crippen molar-refractivity contribution in [2.24, 2.45) is 5.92 Å². The lowest BCUT2D eigenvalue weighted by Gasteiger charge is -2.19. The smallest absolute Gasteiger partial charge is 0.225 e. The summed E-state index contributed by atoms with van der Waals surface area (Å²) in [5.74, 6) is -0.303. The van der Waals surface area contributed by atoms with E-state index in [2.05, 4.69) is 15.5 Å².